The normalized spacial score (nSPS) is 11.1. The fourth-order valence-electron chi connectivity index (χ4n) is 2.95. The minimum atomic E-state index is -3.54. The van der Waals surface area contributed by atoms with Gasteiger partial charge in [0.2, 0.25) is 10.0 Å². The monoisotopic (exact) mass is 444 g/mol. The highest BCUT2D eigenvalue weighted by molar-refractivity contribution is 7.92. The van der Waals surface area contributed by atoms with Gasteiger partial charge < -0.3 is 10.1 Å². The highest BCUT2D eigenvalue weighted by atomic mass is 35.5. The highest BCUT2D eigenvalue weighted by Gasteiger charge is 2.20. The van der Waals surface area contributed by atoms with Crippen molar-refractivity contribution in [3.63, 3.8) is 0 Å². The number of hydrogen-bond acceptors (Lipinski definition) is 4. The molecular formula is C22H21ClN2O4S. The minimum absolute atomic E-state index is 0.239. The van der Waals surface area contributed by atoms with Crippen LogP contribution < -0.4 is 14.4 Å². The molecule has 0 aliphatic rings. The highest BCUT2D eigenvalue weighted by Crippen LogP contribution is 2.33. The maximum Gasteiger partial charge on any atom is 0.259 e. The van der Waals surface area contributed by atoms with E-state index in [2.05, 4.69) is 5.32 Å². The molecule has 6 nitrogen and oxygen atoms in total. The van der Waals surface area contributed by atoms with Crippen LogP contribution in [0, 0.1) is 0 Å². The lowest BCUT2D eigenvalue weighted by Gasteiger charge is -2.22. The Kier molecular flexibility index (Phi) is 6.34. The van der Waals surface area contributed by atoms with E-state index in [-0.39, 0.29) is 5.56 Å². The molecule has 0 unspecified atom stereocenters. The van der Waals surface area contributed by atoms with Gasteiger partial charge in [-0.2, -0.15) is 0 Å². The summed E-state index contributed by atoms with van der Waals surface area (Å²) in [6, 6.07) is 19.5. The lowest BCUT2D eigenvalue weighted by Crippen LogP contribution is -2.26. The number of carbonyl (C=O) groups is 1. The van der Waals surface area contributed by atoms with E-state index in [0.29, 0.717) is 22.1 Å². The molecule has 0 aliphatic heterocycles. The minimum Gasteiger partial charge on any atom is -0.496 e. The van der Waals surface area contributed by atoms with E-state index in [1.807, 2.05) is 36.4 Å². The number of benzene rings is 3. The maximum atomic E-state index is 13.0. The molecule has 1 N–H and O–H groups in total. The van der Waals surface area contributed by atoms with E-state index in [9.17, 15) is 13.2 Å². The van der Waals surface area contributed by atoms with Crippen molar-refractivity contribution >= 4 is 38.9 Å². The van der Waals surface area contributed by atoms with Crippen molar-refractivity contribution in [1.29, 1.82) is 0 Å². The van der Waals surface area contributed by atoms with Crippen LogP contribution in [-0.2, 0) is 10.0 Å². The van der Waals surface area contributed by atoms with Crippen LogP contribution >= 0.6 is 11.6 Å². The molecule has 0 saturated carbocycles. The molecule has 3 aromatic rings. The molecule has 3 rings (SSSR count). The van der Waals surface area contributed by atoms with E-state index in [0.717, 1.165) is 21.7 Å². The van der Waals surface area contributed by atoms with Crippen LogP contribution in [0.2, 0.25) is 5.02 Å². The Hall–Kier alpha value is -3.03. The zero-order valence-electron chi connectivity index (χ0n) is 16.7. The van der Waals surface area contributed by atoms with Crippen LogP contribution in [0.4, 0.5) is 11.4 Å². The number of rotatable bonds is 6. The smallest absolute Gasteiger partial charge is 0.259 e. The average Bonchev–Trinajstić information content (AvgIpc) is 2.73. The first kappa shape index (κ1) is 21.7. The molecule has 0 aromatic heterocycles. The first-order valence-corrected chi connectivity index (χ1v) is 11.2. The number of hydrogen-bond donors (Lipinski definition) is 1. The van der Waals surface area contributed by atoms with Gasteiger partial charge in [-0.15, -0.1) is 0 Å². The van der Waals surface area contributed by atoms with Crippen molar-refractivity contribution in [2.45, 2.75) is 0 Å². The van der Waals surface area contributed by atoms with Gasteiger partial charge >= 0.3 is 0 Å². The Balaban J connectivity index is 2.08. The van der Waals surface area contributed by atoms with Crippen LogP contribution in [0.3, 0.4) is 0 Å². The summed E-state index contributed by atoms with van der Waals surface area (Å²) < 4.78 is 30.6. The molecule has 0 atom stereocenters. The molecular weight excluding hydrogens is 424 g/mol. The van der Waals surface area contributed by atoms with Gasteiger partial charge in [-0.1, -0.05) is 48.0 Å². The molecule has 0 heterocycles. The van der Waals surface area contributed by atoms with Gasteiger partial charge in [-0.05, 0) is 41.5 Å². The quantitative estimate of drug-likeness (QED) is 0.599. The molecule has 0 fully saturated rings. The van der Waals surface area contributed by atoms with E-state index in [4.69, 9.17) is 16.3 Å². The van der Waals surface area contributed by atoms with Crippen molar-refractivity contribution in [2.24, 2.45) is 0 Å². The summed E-state index contributed by atoms with van der Waals surface area (Å²) in [6.07, 6.45) is 1.10. The van der Waals surface area contributed by atoms with Gasteiger partial charge in [-0.3, -0.25) is 9.10 Å². The summed E-state index contributed by atoms with van der Waals surface area (Å²) >= 11 is 6.04. The molecule has 30 heavy (non-hydrogen) atoms. The second-order valence-corrected chi connectivity index (χ2v) is 9.08. The first-order chi connectivity index (χ1) is 14.2. The second kappa shape index (κ2) is 8.77. The summed E-state index contributed by atoms with van der Waals surface area (Å²) in [6.45, 7) is 0. The Morgan fingerprint density at radius 3 is 2.33 bits per heavy atom. The van der Waals surface area contributed by atoms with Crippen LogP contribution in [0.1, 0.15) is 10.4 Å². The number of halogens is 1. The van der Waals surface area contributed by atoms with Crippen molar-refractivity contribution in [1.82, 2.24) is 0 Å². The van der Waals surface area contributed by atoms with Crippen molar-refractivity contribution in [2.75, 3.05) is 30.0 Å². The molecule has 0 radical (unpaired) electrons. The fraction of sp³-hybridized carbons (Fsp3) is 0.136. The molecule has 0 saturated heterocycles. The summed E-state index contributed by atoms with van der Waals surface area (Å²) in [5.41, 5.74) is 2.68. The van der Waals surface area contributed by atoms with Crippen molar-refractivity contribution in [3.8, 4) is 16.9 Å². The van der Waals surface area contributed by atoms with Crippen LogP contribution in [0.5, 0.6) is 5.75 Å². The molecule has 3 aromatic carbocycles. The van der Waals surface area contributed by atoms with Gasteiger partial charge in [0.05, 0.1) is 30.3 Å². The number of amides is 1. The number of carbonyl (C=O) groups excluding carboxylic acids is 1. The van der Waals surface area contributed by atoms with Gasteiger partial charge in [-0.25, -0.2) is 8.42 Å². The van der Waals surface area contributed by atoms with E-state index < -0.39 is 15.9 Å². The van der Waals surface area contributed by atoms with Crippen LogP contribution in [-0.4, -0.2) is 34.7 Å². The lowest BCUT2D eigenvalue weighted by molar-refractivity contribution is 0.102. The third kappa shape index (κ3) is 4.75. The number of ether oxygens (including phenoxy) is 1. The Labute approximate surface area is 181 Å². The Bertz CT molecular complexity index is 1180. The lowest BCUT2D eigenvalue weighted by atomic mass is 10.0. The summed E-state index contributed by atoms with van der Waals surface area (Å²) in [5.74, 6) is -0.114. The number of anilines is 2. The summed E-state index contributed by atoms with van der Waals surface area (Å²) in [7, 11) is -0.649. The molecule has 8 heteroatoms. The predicted molar refractivity (Wildman–Crippen MR) is 121 cm³/mol. The molecule has 0 spiro atoms. The number of methoxy groups -OCH3 is 1. The Morgan fingerprint density at radius 1 is 1.00 bits per heavy atom. The number of sulfonamides is 1. The summed E-state index contributed by atoms with van der Waals surface area (Å²) in [4.78, 5) is 13.0. The molecule has 156 valence electrons. The molecule has 0 bridgehead atoms. The average molecular weight is 445 g/mol. The molecule has 1 amide bonds. The van der Waals surface area contributed by atoms with Crippen LogP contribution in [0.25, 0.3) is 11.1 Å². The summed E-state index contributed by atoms with van der Waals surface area (Å²) in [5, 5.41) is 3.19. The van der Waals surface area contributed by atoms with Gasteiger partial charge in [0.15, 0.2) is 0 Å². The third-order valence-corrected chi connectivity index (χ3v) is 6.02. The zero-order chi connectivity index (χ0) is 21.9. The van der Waals surface area contributed by atoms with E-state index >= 15 is 0 Å². The van der Waals surface area contributed by atoms with Gasteiger partial charge in [0, 0.05) is 12.1 Å². The fourth-order valence-corrected chi connectivity index (χ4v) is 3.64. The second-order valence-electron chi connectivity index (χ2n) is 6.63. The largest absolute Gasteiger partial charge is 0.496 e. The third-order valence-electron chi connectivity index (χ3n) is 4.59. The predicted octanol–water partition coefficient (Wildman–Crippen LogP) is 4.66. The maximum absolute atomic E-state index is 13.0. The SMILES string of the molecule is COc1ccc(Cl)cc1C(=O)Nc1cc(-c2ccccc2)ccc1N(C)S(C)(=O)=O. The van der Waals surface area contributed by atoms with Crippen molar-refractivity contribution in [3.05, 3.63) is 77.3 Å². The van der Waals surface area contributed by atoms with Crippen LogP contribution in [0.15, 0.2) is 66.7 Å². The standard InChI is InChI=1S/C22H21ClN2O4S/c1-25(30(3,27)28)20-11-9-16(15-7-5-4-6-8-15)13-19(20)24-22(26)18-14-17(23)10-12-21(18)29-2/h4-14H,1-3H3,(H,24,26). The number of nitrogens with one attached hydrogen (secondary N) is 1. The Morgan fingerprint density at radius 2 is 1.70 bits per heavy atom. The van der Waals surface area contributed by atoms with Gasteiger partial charge in [0.1, 0.15) is 5.75 Å². The van der Waals surface area contributed by atoms with E-state index in [1.165, 1.54) is 20.2 Å². The topological polar surface area (TPSA) is 75.7 Å². The van der Waals surface area contributed by atoms with Crippen molar-refractivity contribution < 1.29 is 17.9 Å². The first-order valence-electron chi connectivity index (χ1n) is 8.99. The van der Waals surface area contributed by atoms with E-state index in [1.54, 1.807) is 24.3 Å². The van der Waals surface area contributed by atoms with Gasteiger partial charge in [0.25, 0.3) is 5.91 Å². The zero-order valence-corrected chi connectivity index (χ0v) is 18.3. The molecule has 0 aliphatic carbocycles. The number of nitrogens with zero attached hydrogens (tertiary/aromatic N) is 1.